The van der Waals surface area contributed by atoms with E-state index in [2.05, 4.69) is 0 Å². The van der Waals surface area contributed by atoms with Crippen molar-refractivity contribution in [2.24, 2.45) is 0 Å². The lowest BCUT2D eigenvalue weighted by molar-refractivity contribution is -0.137. The van der Waals surface area contributed by atoms with Gasteiger partial charge in [-0.1, -0.05) is 36.4 Å². The zero-order chi connectivity index (χ0) is 26.6. The number of hydrogen-bond donors (Lipinski definition) is 0. The molecule has 1 aromatic heterocycles. The van der Waals surface area contributed by atoms with E-state index in [0.29, 0.717) is 23.0 Å². The molecule has 1 heterocycles. The molecule has 192 valence electrons. The summed E-state index contributed by atoms with van der Waals surface area (Å²) in [6.45, 7) is 2.08. The predicted octanol–water partition coefficient (Wildman–Crippen LogP) is 6.22. The van der Waals surface area contributed by atoms with Gasteiger partial charge in [-0.3, -0.25) is 4.79 Å². The predicted molar refractivity (Wildman–Crippen MR) is 129 cm³/mol. The Balaban J connectivity index is 1.59. The quantitative estimate of drug-likeness (QED) is 0.254. The number of amides is 1. The molecular formula is C27H22F3NO5S. The fourth-order valence-electron chi connectivity index (χ4n) is 3.69. The number of nitrogens with zero attached hydrogens (tertiary/aromatic N) is 1. The van der Waals surface area contributed by atoms with Gasteiger partial charge < -0.3 is 13.5 Å². The largest absolute Gasteiger partial charge is 0.467 e. The Morgan fingerprint density at radius 3 is 2.38 bits per heavy atom. The van der Waals surface area contributed by atoms with E-state index in [0.717, 1.165) is 23.8 Å². The van der Waals surface area contributed by atoms with E-state index >= 15 is 0 Å². The Morgan fingerprint density at radius 2 is 1.68 bits per heavy atom. The van der Waals surface area contributed by atoms with Crippen LogP contribution < -0.4 is 4.18 Å². The van der Waals surface area contributed by atoms with Crippen LogP contribution in [0.4, 0.5) is 13.2 Å². The Morgan fingerprint density at radius 1 is 0.919 bits per heavy atom. The highest BCUT2D eigenvalue weighted by molar-refractivity contribution is 7.87. The molecule has 0 saturated heterocycles. The Labute approximate surface area is 212 Å². The molecular weight excluding hydrogens is 507 g/mol. The summed E-state index contributed by atoms with van der Waals surface area (Å²) in [6.07, 6.45) is -3.20. The van der Waals surface area contributed by atoms with Crippen LogP contribution in [0.5, 0.6) is 5.75 Å². The Kier molecular flexibility index (Phi) is 7.40. The highest BCUT2D eigenvalue weighted by atomic mass is 32.2. The summed E-state index contributed by atoms with van der Waals surface area (Å²) in [4.78, 5) is 14.3. The van der Waals surface area contributed by atoms with Crippen molar-refractivity contribution in [3.05, 3.63) is 119 Å². The third-order valence-electron chi connectivity index (χ3n) is 5.52. The molecule has 6 nitrogen and oxygen atoms in total. The molecule has 0 atom stereocenters. The van der Waals surface area contributed by atoms with Crippen LogP contribution in [0.25, 0.3) is 0 Å². The minimum Gasteiger partial charge on any atom is -0.467 e. The number of aryl methyl sites for hydroxylation is 1. The van der Waals surface area contributed by atoms with E-state index < -0.39 is 26.8 Å². The number of carbonyl (C=O) groups is 1. The first-order valence-electron chi connectivity index (χ1n) is 11.1. The molecule has 0 aliphatic carbocycles. The minimum atomic E-state index is -4.70. The molecule has 0 N–H and O–H groups in total. The average Bonchev–Trinajstić information content (AvgIpc) is 3.36. The monoisotopic (exact) mass is 529 g/mol. The van der Waals surface area contributed by atoms with Gasteiger partial charge in [-0.05, 0) is 66.6 Å². The smallest absolute Gasteiger partial charge is 0.416 e. The van der Waals surface area contributed by atoms with Gasteiger partial charge in [0, 0.05) is 12.1 Å². The second-order valence-corrected chi connectivity index (χ2v) is 9.81. The SMILES string of the molecule is Cc1ccccc1C(=O)N(Cc1cccc(OS(=O)(=O)c2cccc(C(F)(F)F)c2)c1)Cc1ccco1. The van der Waals surface area contributed by atoms with Crippen molar-refractivity contribution >= 4 is 16.0 Å². The van der Waals surface area contributed by atoms with Crippen molar-refractivity contribution in [2.45, 2.75) is 31.1 Å². The van der Waals surface area contributed by atoms with Crippen LogP contribution in [0.3, 0.4) is 0 Å². The van der Waals surface area contributed by atoms with E-state index in [4.69, 9.17) is 8.60 Å². The maximum atomic E-state index is 13.4. The van der Waals surface area contributed by atoms with Gasteiger partial charge in [-0.25, -0.2) is 0 Å². The normalized spacial score (nSPS) is 11.8. The zero-order valence-corrected chi connectivity index (χ0v) is 20.4. The summed E-state index contributed by atoms with van der Waals surface area (Å²) >= 11 is 0. The first-order valence-corrected chi connectivity index (χ1v) is 12.5. The molecule has 10 heteroatoms. The van der Waals surface area contributed by atoms with Crippen molar-refractivity contribution < 1.29 is 35.0 Å². The first-order chi connectivity index (χ1) is 17.5. The zero-order valence-electron chi connectivity index (χ0n) is 19.6. The van der Waals surface area contributed by atoms with Crippen LogP contribution in [-0.4, -0.2) is 19.2 Å². The molecule has 0 spiro atoms. The van der Waals surface area contributed by atoms with Crippen molar-refractivity contribution in [1.82, 2.24) is 4.90 Å². The second-order valence-electron chi connectivity index (χ2n) is 8.27. The lowest BCUT2D eigenvalue weighted by atomic mass is 10.1. The molecule has 3 aromatic carbocycles. The van der Waals surface area contributed by atoms with E-state index in [-0.39, 0.29) is 24.7 Å². The molecule has 0 saturated carbocycles. The number of hydrogen-bond acceptors (Lipinski definition) is 5. The van der Waals surface area contributed by atoms with Gasteiger partial charge in [-0.2, -0.15) is 21.6 Å². The summed E-state index contributed by atoms with van der Waals surface area (Å²) in [5.41, 5.74) is 0.745. The molecule has 37 heavy (non-hydrogen) atoms. The fourth-order valence-corrected chi connectivity index (χ4v) is 4.66. The summed E-state index contributed by atoms with van der Waals surface area (Å²) in [5.74, 6) is 0.204. The van der Waals surface area contributed by atoms with Crippen molar-refractivity contribution in [3.8, 4) is 5.75 Å². The Bertz CT molecular complexity index is 1500. The van der Waals surface area contributed by atoms with Crippen molar-refractivity contribution in [2.75, 3.05) is 0 Å². The molecule has 1 amide bonds. The molecule has 4 aromatic rings. The van der Waals surface area contributed by atoms with Crippen molar-refractivity contribution in [1.29, 1.82) is 0 Å². The first kappa shape index (κ1) is 26.0. The van der Waals surface area contributed by atoms with Crippen LogP contribution >= 0.6 is 0 Å². The summed E-state index contributed by atoms with van der Waals surface area (Å²) in [7, 11) is -4.54. The van der Waals surface area contributed by atoms with Crippen LogP contribution in [0.15, 0.2) is 101 Å². The van der Waals surface area contributed by atoms with E-state index in [1.54, 1.807) is 35.2 Å². The molecule has 0 bridgehead atoms. The van der Waals surface area contributed by atoms with Crippen LogP contribution in [-0.2, 0) is 29.4 Å². The maximum Gasteiger partial charge on any atom is 0.416 e. The van der Waals surface area contributed by atoms with Gasteiger partial charge >= 0.3 is 16.3 Å². The number of halogens is 3. The third kappa shape index (κ3) is 6.39. The number of rotatable bonds is 8. The fraction of sp³-hybridized carbons (Fsp3) is 0.148. The van der Waals surface area contributed by atoms with E-state index in [9.17, 15) is 26.4 Å². The van der Waals surface area contributed by atoms with Crippen molar-refractivity contribution in [3.63, 3.8) is 0 Å². The van der Waals surface area contributed by atoms with Crippen LogP contribution in [0, 0.1) is 6.92 Å². The van der Waals surface area contributed by atoms with Gasteiger partial charge in [0.1, 0.15) is 16.4 Å². The van der Waals surface area contributed by atoms with Gasteiger partial charge in [0.05, 0.1) is 18.4 Å². The standard InChI is InChI=1S/C27H22F3NO5S/c1-19-7-2-3-13-25(19)26(32)31(18-23-11-6-14-35-23)17-20-8-4-10-22(15-20)36-37(33,34)24-12-5-9-21(16-24)27(28,29)30/h2-16H,17-18H2,1H3. The molecule has 0 aliphatic heterocycles. The second kappa shape index (κ2) is 10.5. The summed E-state index contributed by atoms with van der Waals surface area (Å²) in [5, 5.41) is 0. The van der Waals surface area contributed by atoms with Gasteiger partial charge in [0.2, 0.25) is 0 Å². The molecule has 4 rings (SSSR count). The lowest BCUT2D eigenvalue weighted by Crippen LogP contribution is -2.30. The molecule has 0 radical (unpaired) electrons. The average molecular weight is 530 g/mol. The van der Waals surface area contributed by atoms with Crippen LogP contribution in [0.2, 0.25) is 0 Å². The summed E-state index contributed by atoms with van der Waals surface area (Å²) < 4.78 is 75.0. The van der Waals surface area contributed by atoms with Gasteiger partial charge in [-0.15, -0.1) is 0 Å². The van der Waals surface area contributed by atoms with Gasteiger partial charge in [0.25, 0.3) is 5.91 Å². The lowest BCUT2D eigenvalue weighted by Gasteiger charge is -2.23. The number of furan rings is 1. The maximum absolute atomic E-state index is 13.4. The summed E-state index contributed by atoms with van der Waals surface area (Å²) in [6, 6.07) is 19.9. The Hall–Kier alpha value is -4.05. The highest BCUT2D eigenvalue weighted by Gasteiger charge is 2.32. The number of carbonyl (C=O) groups excluding carboxylic acids is 1. The third-order valence-corrected chi connectivity index (χ3v) is 6.76. The van der Waals surface area contributed by atoms with E-state index in [1.165, 1.54) is 24.5 Å². The topological polar surface area (TPSA) is 76.8 Å². The van der Waals surface area contributed by atoms with E-state index in [1.807, 2.05) is 19.1 Å². The number of alkyl halides is 3. The highest BCUT2D eigenvalue weighted by Crippen LogP contribution is 2.31. The molecule has 0 unspecified atom stereocenters. The molecule has 0 fully saturated rings. The van der Waals surface area contributed by atoms with Crippen LogP contribution in [0.1, 0.15) is 32.8 Å². The van der Waals surface area contributed by atoms with Gasteiger partial charge in [0.15, 0.2) is 0 Å². The molecule has 0 aliphatic rings. The number of benzene rings is 3. The minimum absolute atomic E-state index is 0.0919.